The summed E-state index contributed by atoms with van der Waals surface area (Å²) in [6.07, 6.45) is 0. The van der Waals surface area contributed by atoms with Gasteiger partial charge in [0.05, 0.1) is 11.4 Å². The number of nitrogens with zero attached hydrogens (tertiary/aromatic N) is 3. The SMILES string of the molecule is Cc1cccc(-c2noc(CN(C(C)C)S(=O)(=O)c3c(C)cc(C)cc3C)n2)c1. The van der Waals surface area contributed by atoms with E-state index in [4.69, 9.17) is 4.52 Å². The normalized spacial score (nSPS) is 12.1. The van der Waals surface area contributed by atoms with Crippen LogP contribution in [0, 0.1) is 27.7 Å². The third-order valence-electron chi connectivity index (χ3n) is 4.78. The first kappa shape index (κ1) is 21.2. The van der Waals surface area contributed by atoms with E-state index in [0.29, 0.717) is 10.7 Å². The van der Waals surface area contributed by atoms with E-state index in [9.17, 15) is 8.42 Å². The average Bonchev–Trinajstić information content (AvgIpc) is 3.07. The first-order valence-corrected chi connectivity index (χ1v) is 11.0. The lowest BCUT2D eigenvalue weighted by molar-refractivity contribution is 0.286. The number of sulfonamides is 1. The maximum absolute atomic E-state index is 13.5. The Bertz CT molecular complexity index is 1110. The van der Waals surface area contributed by atoms with E-state index in [1.807, 2.05) is 77.9 Å². The second kappa shape index (κ2) is 8.08. The fourth-order valence-electron chi connectivity index (χ4n) is 3.59. The number of aromatic nitrogens is 2. The Morgan fingerprint density at radius 2 is 1.66 bits per heavy atom. The Morgan fingerprint density at radius 1 is 1.00 bits per heavy atom. The van der Waals surface area contributed by atoms with Crippen molar-refractivity contribution >= 4 is 10.0 Å². The van der Waals surface area contributed by atoms with Gasteiger partial charge in [-0.3, -0.25) is 0 Å². The van der Waals surface area contributed by atoms with Gasteiger partial charge in [-0.2, -0.15) is 9.29 Å². The molecule has 0 saturated carbocycles. The summed E-state index contributed by atoms with van der Waals surface area (Å²) in [5.74, 6) is 0.716. The maximum Gasteiger partial charge on any atom is 0.244 e. The van der Waals surface area contributed by atoms with Crippen LogP contribution in [0.4, 0.5) is 0 Å². The molecule has 3 aromatic rings. The highest BCUT2D eigenvalue weighted by atomic mass is 32.2. The highest BCUT2D eigenvalue weighted by Gasteiger charge is 2.31. The van der Waals surface area contributed by atoms with E-state index in [2.05, 4.69) is 10.1 Å². The summed E-state index contributed by atoms with van der Waals surface area (Å²) in [7, 11) is -3.73. The number of hydrogen-bond donors (Lipinski definition) is 0. The molecular weight excluding hydrogens is 386 g/mol. The van der Waals surface area contributed by atoms with Gasteiger partial charge in [-0.05, 0) is 58.7 Å². The summed E-state index contributed by atoms with van der Waals surface area (Å²) >= 11 is 0. The van der Waals surface area contributed by atoms with Gasteiger partial charge in [-0.15, -0.1) is 0 Å². The van der Waals surface area contributed by atoms with Crippen LogP contribution in [0.2, 0.25) is 0 Å². The van der Waals surface area contributed by atoms with Gasteiger partial charge in [-0.25, -0.2) is 8.42 Å². The molecule has 0 atom stereocenters. The van der Waals surface area contributed by atoms with Gasteiger partial charge < -0.3 is 4.52 Å². The van der Waals surface area contributed by atoms with Crippen molar-refractivity contribution in [3.63, 3.8) is 0 Å². The summed E-state index contributed by atoms with van der Waals surface area (Å²) in [5, 5.41) is 4.03. The Kier molecular flexibility index (Phi) is 5.91. The number of hydrogen-bond acceptors (Lipinski definition) is 5. The predicted octanol–water partition coefficient (Wildman–Crippen LogP) is 4.57. The minimum atomic E-state index is -3.73. The van der Waals surface area contributed by atoms with Crippen LogP contribution in [0.3, 0.4) is 0 Å². The third-order valence-corrected chi connectivity index (χ3v) is 7.11. The first-order valence-electron chi connectivity index (χ1n) is 9.59. The third kappa shape index (κ3) is 4.41. The van der Waals surface area contributed by atoms with Gasteiger partial charge in [0.25, 0.3) is 0 Å². The molecule has 1 aromatic heterocycles. The van der Waals surface area contributed by atoms with Crippen molar-refractivity contribution in [2.24, 2.45) is 0 Å². The van der Waals surface area contributed by atoms with Crippen molar-refractivity contribution in [3.8, 4) is 11.4 Å². The standard InChI is InChI=1S/C22H27N3O3S/c1-14(2)25(29(26,27)21-17(5)10-16(4)11-18(21)6)13-20-23-22(24-28-20)19-9-7-8-15(3)12-19/h7-12,14H,13H2,1-6H3. The average molecular weight is 414 g/mol. The lowest BCUT2D eigenvalue weighted by Gasteiger charge is -2.26. The van der Waals surface area contributed by atoms with Crippen LogP contribution in [-0.4, -0.2) is 28.9 Å². The molecule has 1 heterocycles. The van der Waals surface area contributed by atoms with E-state index in [-0.39, 0.29) is 18.5 Å². The van der Waals surface area contributed by atoms with Crippen molar-refractivity contribution in [2.75, 3.05) is 0 Å². The summed E-state index contributed by atoms with van der Waals surface area (Å²) in [6.45, 7) is 11.3. The van der Waals surface area contributed by atoms with Gasteiger partial charge >= 0.3 is 0 Å². The van der Waals surface area contributed by atoms with Gasteiger partial charge in [-0.1, -0.05) is 46.6 Å². The lowest BCUT2D eigenvalue weighted by atomic mass is 10.1. The highest BCUT2D eigenvalue weighted by Crippen LogP contribution is 2.28. The molecule has 29 heavy (non-hydrogen) atoms. The predicted molar refractivity (Wildman–Crippen MR) is 113 cm³/mol. The van der Waals surface area contributed by atoms with Crippen LogP contribution in [0.5, 0.6) is 0 Å². The second-order valence-corrected chi connectivity index (χ2v) is 9.58. The van der Waals surface area contributed by atoms with Crippen LogP contribution in [0.1, 0.15) is 42.0 Å². The largest absolute Gasteiger partial charge is 0.338 e. The van der Waals surface area contributed by atoms with E-state index in [0.717, 1.165) is 27.8 Å². The molecule has 3 rings (SSSR count). The van der Waals surface area contributed by atoms with Crippen LogP contribution < -0.4 is 0 Å². The van der Waals surface area contributed by atoms with E-state index in [1.165, 1.54) is 4.31 Å². The van der Waals surface area contributed by atoms with Crippen molar-refractivity contribution in [3.05, 3.63) is 64.5 Å². The number of rotatable bonds is 6. The zero-order valence-electron chi connectivity index (χ0n) is 17.7. The van der Waals surface area contributed by atoms with Gasteiger partial charge in [0.15, 0.2) is 0 Å². The lowest BCUT2D eigenvalue weighted by Crippen LogP contribution is -2.37. The molecule has 7 heteroatoms. The molecule has 0 saturated heterocycles. The molecule has 0 bridgehead atoms. The van der Waals surface area contributed by atoms with Crippen LogP contribution in [0.15, 0.2) is 45.8 Å². The van der Waals surface area contributed by atoms with Gasteiger partial charge in [0.1, 0.15) is 0 Å². The van der Waals surface area contributed by atoms with E-state index in [1.54, 1.807) is 0 Å². The van der Waals surface area contributed by atoms with E-state index < -0.39 is 10.0 Å². The minimum Gasteiger partial charge on any atom is -0.338 e. The molecule has 0 fully saturated rings. The zero-order valence-corrected chi connectivity index (χ0v) is 18.5. The summed E-state index contributed by atoms with van der Waals surface area (Å²) in [6, 6.07) is 11.3. The fraction of sp³-hybridized carbons (Fsp3) is 0.364. The van der Waals surface area contributed by atoms with Crippen molar-refractivity contribution in [1.29, 1.82) is 0 Å². The Balaban J connectivity index is 1.96. The molecule has 0 aliphatic rings. The molecule has 0 unspecified atom stereocenters. The van der Waals surface area contributed by atoms with Crippen molar-refractivity contribution in [2.45, 2.75) is 59.0 Å². The molecule has 0 spiro atoms. The van der Waals surface area contributed by atoms with Crippen LogP contribution >= 0.6 is 0 Å². The summed E-state index contributed by atoms with van der Waals surface area (Å²) in [4.78, 5) is 4.77. The monoisotopic (exact) mass is 413 g/mol. The summed E-state index contributed by atoms with van der Waals surface area (Å²) < 4.78 is 33.8. The number of aryl methyl sites for hydroxylation is 4. The molecule has 154 valence electrons. The maximum atomic E-state index is 13.5. The fourth-order valence-corrected chi connectivity index (χ4v) is 5.59. The zero-order chi connectivity index (χ0) is 21.3. The van der Waals surface area contributed by atoms with Gasteiger partial charge in [0.2, 0.25) is 21.7 Å². The van der Waals surface area contributed by atoms with Crippen molar-refractivity contribution in [1.82, 2.24) is 14.4 Å². The Morgan fingerprint density at radius 3 is 2.24 bits per heavy atom. The quantitative estimate of drug-likeness (QED) is 0.592. The smallest absolute Gasteiger partial charge is 0.244 e. The van der Waals surface area contributed by atoms with Crippen LogP contribution in [0.25, 0.3) is 11.4 Å². The van der Waals surface area contributed by atoms with Crippen LogP contribution in [-0.2, 0) is 16.6 Å². The minimum absolute atomic E-state index is 0.0194. The summed E-state index contributed by atoms with van der Waals surface area (Å²) in [5.41, 5.74) is 4.43. The van der Waals surface area contributed by atoms with E-state index >= 15 is 0 Å². The topological polar surface area (TPSA) is 76.3 Å². The first-order chi connectivity index (χ1) is 13.6. The molecule has 0 aliphatic carbocycles. The molecule has 0 radical (unpaired) electrons. The van der Waals surface area contributed by atoms with Crippen molar-refractivity contribution < 1.29 is 12.9 Å². The Labute approximate surface area is 172 Å². The number of benzene rings is 2. The molecule has 0 N–H and O–H groups in total. The molecular formula is C22H27N3O3S. The second-order valence-electron chi connectivity index (χ2n) is 7.75. The Hall–Kier alpha value is -2.51. The van der Waals surface area contributed by atoms with Gasteiger partial charge in [0, 0.05) is 11.6 Å². The molecule has 0 aliphatic heterocycles. The molecule has 6 nitrogen and oxygen atoms in total. The highest BCUT2D eigenvalue weighted by molar-refractivity contribution is 7.89. The molecule has 2 aromatic carbocycles. The molecule has 0 amide bonds.